The molecular weight excluding hydrogens is 330 g/mol. The quantitative estimate of drug-likeness (QED) is 0.868. The van der Waals surface area contributed by atoms with Crippen molar-refractivity contribution in [2.24, 2.45) is 4.99 Å². The Labute approximate surface area is 142 Å². The molecule has 1 aliphatic heterocycles. The van der Waals surface area contributed by atoms with Gasteiger partial charge in [-0.2, -0.15) is 0 Å². The maximum atomic E-state index is 13.4. The minimum absolute atomic E-state index is 0.128. The highest BCUT2D eigenvalue weighted by Crippen LogP contribution is 2.27. The molecule has 0 fully saturated rings. The molecule has 3 rings (SSSR count). The molecule has 0 saturated carbocycles. The van der Waals surface area contributed by atoms with Crippen LogP contribution in [-0.4, -0.2) is 26.0 Å². The van der Waals surface area contributed by atoms with E-state index in [1.54, 1.807) is 24.3 Å². The molecule has 2 aromatic carbocycles. The number of benzene rings is 2. The van der Waals surface area contributed by atoms with E-state index in [-0.39, 0.29) is 17.1 Å². The number of carbonyl (C=O) groups is 1. The van der Waals surface area contributed by atoms with Crippen LogP contribution < -0.4 is 14.8 Å². The van der Waals surface area contributed by atoms with Gasteiger partial charge in [-0.05, 0) is 36.4 Å². The van der Waals surface area contributed by atoms with Crippen LogP contribution in [0.2, 0.25) is 0 Å². The van der Waals surface area contributed by atoms with Gasteiger partial charge in [0.15, 0.2) is 11.6 Å². The average Bonchev–Trinajstić information content (AvgIpc) is 2.98. The van der Waals surface area contributed by atoms with Crippen molar-refractivity contribution in [3.05, 3.63) is 64.9 Å². The molecule has 0 radical (unpaired) electrons. The largest absolute Gasteiger partial charge is 0.497 e. The van der Waals surface area contributed by atoms with Crippen LogP contribution in [0.1, 0.15) is 11.1 Å². The zero-order chi connectivity index (χ0) is 18.0. The van der Waals surface area contributed by atoms with Crippen molar-refractivity contribution in [1.29, 1.82) is 0 Å². The van der Waals surface area contributed by atoms with E-state index in [9.17, 15) is 13.6 Å². The molecule has 7 heteroatoms. The van der Waals surface area contributed by atoms with Crippen molar-refractivity contribution in [3.8, 4) is 11.5 Å². The fourth-order valence-electron chi connectivity index (χ4n) is 2.33. The molecule has 1 N–H and O–H groups in total. The molecule has 5 nitrogen and oxygen atoms in total. The van der Waals surface area contributed by atoms with E-state index < -0.39 is 17.5 Å². The van der Waals surface area contributed by atoms with E-state index in [1.807, 2.05) is 0 Å². The molecular formula is C18H14F2N2O3. The van der Waals surface area contributed by atoms with Crippen LogP contribution in [0.4, 0.5) is 8.78 Å². The fourth-order valence-corrected chi connectivity index (χ4v) is 2.33. The SMILES string of the molecule is COc1ccc(/C=C2/N=C(c3ccc(F)c(F)c3)NC2=O)c(OC)c1. The number of amides is 1. The molecule has 1 amide bonds. The summed E-state index contributed by atoms with van der Waals surface area (Å²) in [4.78, 5) is 16.3. The van der Waals surface area contributed by atoms with Gasteiger partial charge in [0.25, 0.3) is 5.91 Å². The van der Waals surface area contributed by atoms with Crippen LogP contribution in [0.25, 0.3) is 6.08 Å². The van der Waals surface area contributed by atoms with Crippen molar-refractivity contribution in [3.63, 3.8) is 0 Å². The molecule has 25 heavy (non-hydrogen) atoms. The third-order valence-electron chi connectivity index (χ3n) is 3.62. The lowest BCUT2D eigenvalue weighted by Gasteiger charge is -2.07. The summed E-state index contributed by atoms with van der Waals surface area (Å²) in [6, 6.07) is 8.43. The van der Waals surface area contributed by atoms with Crippen molar-refractivity contribution in [1.82, 2.24) is 5.32 Å². The van der Waals surface area contributed by atoms with Gasteiger partial charge in [0, 0.05) is 17.2 Å². The second kappa shape index (κ2) is 6.72. The fraction of sp³-hybridized carbons (Fsp3) is 0.111. The molecule has 0 saturated heterocycles. The first-order valence-corrected chi connectivity index (χ1v) is 7.31. The number of hydrogen-bond donors (Lipinski definition) is 1. The van der Waals surface area contributed by atoms with Crippen molar-refractivity contribution in [2.45, 2.75) is 0 Å². The van der Waals surface area contributed by atoms with E-state index in [4.69, 9.17) is 9.47 Å². The minimum atomic E-state index is -1.01. The molecule has 0 spiro atoms. The van der Waals surface area contributed by atoms with Gasteiger partial charge in [0.2, 0.25) is 0 Å². The summed E-state index contributed by atoms with van der Waals surface area (Å²) in [7, 11) is 3.04. The van der Waals surface area contributed by atoms with Crippen LogP contribution in [0.15, 0.2) is 47.1 Å². The minimum Gasteiger partial charge on any atom is -0.497 e. The predicted octanol–water partition coefficient (Wildman–Crippen LogP) is 2.90. The lowest BCUT2D eigenvalue weighted by atomic mass is 10.1. The van der Waals surface area contributed by atoms with E-state index in [2.05, 4.69) is 10.3 Å². The smallest absolute Gasteiger partial charge is 0.275 e. The summed E-state index contributed by atoms with van der Waals surface area (Å²) in [6.07, 6.45) is 1.54. The van der Waals surface area contributed by atoms with Gasteiger partial charge in [-0.3, -0.25) is 4.79 Å². The highest BCUT2D eigenvalue weighted by atomic mass is 19.2. The van der Waals surface area contributed by atoms with Gasteiger partial charge in [-0.15, -0.1) is 0 Å². The molecule has 2 aromatic rings. The average molecular weight is 344 g/mol. The third-order valence-corrected chi connectivity index (χ3v) is 3.62. The van der Waals surface area contributed by atoms with Crippen LogP contribution in [0.3, 0.4) is 0 Å². The van der Waals surface area contributed by atoms with Gasteiger partial charge in [-0.25, -0.2) is 13.8 Å². The Bertz CT molecular complexity index is 907. The van der Waals surface area contributed by atoms with Gasteiger partial charge in [0.1, 0.15) is 23.0 Å². The van der Waals surface area contributed by atoms with E-state index in [0.717, 1.165) is 12.1 Å². The first kappa shape index (κ1) is 16.6. The number of rotatable bonds is 4. The van der Waals surface area contributed by atoms with Crippen LogP contribution in [0, 0.1) is 11.6 Å². The Balaban J connectivity index is 1.97. The lowest BCUT2D eigenvalue weighted by Crippen LogP contribution is -2.24. The number of hydrogen-bond acceptors (Lipinski definition) is 4. The molecule has 128 valence electrons. The first-order chi connectivity index (χ1) is 12.0. The standard InChI is InChI=1S/C18H14F2N2O3/c1-24-12-5-3-10(16(9-12)25-2)8-15-18(23)22-17(21-15)11-4-6-13(19)14(20)7-11/h3-9H,1-2H3,(H,21,22,23)/b15-8+. The zero-order valence-corrected chi connectivity index (χ0v) is 13.5. The Hall–Kier alpha value is -3.22. The molecule has 1 heterocycles. The summed E-state index contributed by atoms with van der Waals surface area (Å²) in [5, 5.41) is 2.54. The molecule has 0 bridgehead atoms. The van der Waals surface area contributed by atoms with Gasteiger partial charge < -0.3 is 14.8 Å². The topological polar surface area (TPSA) is 59.9 Å². The van der Waals surface area contributed by atoms with Gasteiger partial charge in [0.05, 0.1) is 14.2 Å². The molecule has 1 aliphatic rings. The Morgan fingerprint density at radius 3 is 2.52 bits per heavy atom. The maximum absolute atomic E-state index is 13.4. The number of nitrogens with zero attached hydrogens (tertiary/aromatic N) is 1. The number of amidine groups is 1. The number of ether oxygens (including phenoxy) is 2. The first-order valence-electron chi connectivity index (χ1n) is 7.31. The summed E-state index contributed by atoms with van der Waals surface area (Å²) >= 11 is 0. The molecule has 0 aliphatic carbocycles. The Morgan fingerprint density at radius 1 is 1.04 bits per heavy atom. The van der Waals surface area contributed by atoms with Crippen molar-refractivity contribution >= 4 is 17.8 Å². The van der Waals surface area contributed by atoms with Crippen LogP contribution in [0.5, 0.6) is 11.5 Å². The van der Waals surface area contributed by atoms with Crippen molar-refractivity contribution in [2.75, 3.05) is 14.2 Å². The highest BCUT2D eigenvalue weighted by Gasteiger charge is 2.22. The van der Waals surface area contributed by atoms with Gasteiger partial charge in [-0.1, -0.05) is 0 Å². The number of methoxy groups -OCH3 is 2. The van der Waals surface area contributed by atoms with E-state index in [0.29, 0.717) is 17.1 Å². The zero-order valence-electron chi connectivity index (χ0n) is 13.5. The second-order valence-corrected chi connectivity index (χ2v) is 5.18. The maximum Gasteiger partial charge on any atom is 0.275 e. The summed E-state index contributed by atoms with van der Waals surface area (Å²) in [5.74, 6) is -1.15. The number of nitrogens with one attached hydrogen (secondary N) is 1. The monoisotopic (exact) mass is 344 g/mol. The molecule has 0 unspecified atom stereocenters. The Morgan fingerprint density at radius 2 is 1.84 bits per heavy atom. The number of halogens is 2. The summed E-state index contributed by atoms with van der Waals surface area (Å²) in [5.41, 5.74) is 1.03. The lowest BCUT2D eigenvalue weighted by molar-refractivity contribution is -0.115. The normalized spacial score (nSPS) is 15.1. The molecule has 0 atom stereocenters. The Kier molecular flexibility index (Phi) is 4.47. The predicted molar refractivity (Wildman–Crippen MR) is 88.6 cm³/mol. The van der Waals surface area contributed by atoms with Gasteiger partial charge >= 0.3 is 0 Å². The van der Waals surface area contributed by atoms with Crippen LogP contribution in [-0.2, 0) is 4.79 Å². The third kappa shape index (κ3) is 3.35. The highest BCUT2D eigenvalue weighted by molar-refractivity contribution is 6.19. The number of carbonyl (C=O) groups excluding carboxylic acids is 1. The number of aliphatic imine (C=N–C) groups is 1. The second-order valence-electron chi connectivity index (χ2n) is 5.18. The van der Waals surface area contributed by atoms with Crippen LogP contribution >= 0.6 is 0 Å². The summed E-state index contributed by atoms with van der Waals surface area (Å²) < 4.78 is 36.8. The van der Waals surface area contributed by atoms with Crippen molar-refractivity contribution < 1.29 is 23.0 Å². The molecule has 0 aromatic heterocycles. The van der Waals surface area contributed by atoms with E-state index >= 15 is 0 Å². The van der Waals surface area contributed by atoms with E-state index in [1.165, 1.54) is 20.3 Å². The summed E-state index contributed by atoms with van der Waals surface area (Å²) in [6.45, 7) is 0.